The van der Waals surface area contributed by atoms with E-state index < -0.39 is 5.97 Å². The lowest BCUT2D eigenvalue weighted by atomic mass is 10.1. The number of hydrogen-bond acceptors (Lipinski definition) is 4. The minimum absolute atomic E-state index is 0.211. The molecule has 0 aliphatic carbocycles. The molecule has 0 fully saturated rings. The molecule has 0 N–H and O–H groups in total. The molecule has 0 aliphatic rings. The van der Waals surface area contributed by atoms with Crippen molar-refractivity contribution >= 4 is 11.8 Å². The average Bonchev–Trinajstić information content (AvgIpc) is 2.98. The quantitative estimate of drug-likeness (QED) is 0.456. The maximum atomic E-state index is 12.3. The van der Waals surface area contributed by atoms with Crippen molar-refractivity contribution in [3.8, 4) is 5.75 Å². The Morgan fingerprint density at radius 1 is 0.964 bits per heavy atom. The summed E-state index contributed by atoms with van der Waals surface area (Å²) in [6, 6.07) is 18.3. The van der Waals surface area contributed by atoms with Crippen molar-refractivity contribution in [1.29, 1.82) is 0 Å². The van der Waals surface area contributed by atoms with E-state index in [1.807, 2.05) is 61.9 Å². The van der Waals surface area contributed by atoms with Gasteiger partial charge in [0.05, 0.1) is 5.56 Å². The zero-order valence-electron chi connectivity index (χ0n) is 16.3. The number of aryl methyl sites for hydroxylation is 1. The Bertz CT molecular complexity index is 972. The molecular weight excluding hydrogens is 354 g/mol. The highest BCUT2D eigenvalue weighted by molar-refractivity contribution is 6.00. The normalized spacial score (nSPS) is 10.5. The summed E-state index contributed by atoms with van der Waals surface area (Å²) in [5.74, 6) is -0.0857. The molecule has 0 unspecified atom stereocenters. The van der Waals surface area contributed by atoms with Gasteiger partial charge in [0.2, 0.25) is 5.78 Å². The molecular formula is C23H23NO4. The second-order valence-electron chi connectivity index (χ2n) is 6.64. The molecule has 2 aromatic carbocycles. The molecule has 1 aromatic heterocycles. The highest BCUT2D eigenvalue weighted by atomic mass is 16.5. The first kappa shape index (κ1) is 19.4. The zero-order valence-corrected chi connectivity index (χ0v) is 16.3. The molecule has 144 valence electrons. The molecule has 0 aliphatic heterocycles. The molecule has 5 heteroatoms. The summed E-state index contributed by atoms with van der Waals surface area (Å²) in [7, 11) is 1.90. The van der Waals surface area contributed by atoms with Gasteiger partial charge < -0.3 is 14.0 Å². The van der Waals surface area contributed by atoms with Gasteiger partial charge in [-0.2, -0.15) is 0 Å². The fourth-order valence-electron chi connectivity index (χ4n) is 2.86. The second kappa shape index (κ2) is 8.57. The van der Waals surface area contributed by atoms with Gasteiger partial charge in [-0.25, -0.2) is 4.79 Å². The van der Waals surface area contributed by atoms with E-state index in [-0.39, 0.29) is 12.4 Å². The van der Waals surface area contributed by atoms with Crippen LogP contribution in [0.15, 0.2) is 60.7 Å². The molecule has 0 radical (unpaired) electrons. The number of esters is 1. The molecule has 28 heavy (non-hydrogen) atoms. The molecule has 0 atom stereocenters. The van der Waals surface area contributed by atoms with Gasteiger partial charge in [0, 0.05) is 24.0 Å². The van der Waals surface area contributed by atoms with E-state index in [1.54, 1.807) is 24.3 Å². The van der Waals surface area contributed by atoms with Crippen LogP contribution >= 0.6 is 0 Å². The van der Waals surface area contributed by atoms with Gasteiger partial charge in [-0.15, -0.1) is 0 Å². The number of carbonyl (C=O) groups excluding carboxylic acids is 2. The van der Waals surface area contributed by atoms with E-state index in [2.05, 4.69) is 0 Å². The van der Waals surface area contributed by atoms with Gasteiger partial charge in [0.25, 0.3) is 0 Å². The number of aromatic nitrogens is 1. The number of nitrogens with zero attached hydrogens (tertiary/aromatic N) is 1. The fraction of sp³-hybridized carbons (Fsp3) is 0.217. The summed E-state index contributed by atoms with van der Waals surface area (Å²) in [5.41, 5.74) is 3.87. The summed E-state index contributed by atoms with van der Waals surface area (Å²) in [5, 5.41) is 0. The van der Waals surface area contributed by atoms with Gasteiger partial charge in [-0.3, -0.25) is 4.79 Å². The van der Waals surface area contributed by atoms with Crippen LogP contribution in [-0.4, -0.2) is 22.9 Å². The SMILES string of the molecule is Cc1cc(C(=O)COC(=O)c2ccc(OCc3ccccc3)cc2)c(C)n1C. The number of carbonyl (C=O) groups is 2. The lowest BCUT2D eigenvalue weighted by Gasteiger charge is -2.08. The Labute approximate surface area is 164 Å². The van der Waals surface area contributed by atoms with Crippen LogP contribution < -0.4 is 4.74 Å². The second-order valence-corrected chi connectivity index (χ2v) is 6.64. The van der Waals surface area contributed by atoms with Crippen molar-refractivity contribution in [2.75, 3.05) is 6.61 Å². The highest BCUT2D eigenvalue weighted by Crippen LogP contribution is 2.16. The number of Topliss-reactive ketones (excluding diaryl/α,β-unsaturated/α-hetero) is 1. The largest absolute Gasteiger partial charge is 0.489 e. The number of benzene rings is 2. The van der Waals surface area contributed by atoms with E-state index >= 15 is 0 Å². The lowest BCUT2D eigenvalue weighted by molar-refractivity contribution is 0.0474. The van der Waals surface area contributed by atoms with Crippen molar-refractivity contribution in [1.82, 2.24) is 4.57 Å². The van der Waals surface area contributed by atoms with Gasteiger partial charge in [0.15, 0.2) is 6.61 Å². The maximum Gasteiger partial charge on any atom is 0.338 e. The van der Waals surface area contributed by atoms with Crippen molar-refractivity contribution in [2.24, 2.45) is 7.05 Å². The van der Waals surface area contributed by atoms with Crippen LogP contribution in [0.2, 0.25) is 0 Å². The molecule has 0 saturated carbocycles. The molecule has 0 amide bonds. The molecule has 0 saturated heterocycles. The third-order valence-corrected chi connectivity index (χ3v) is 4.75. The standard InChI is InChI=1S/C23H23NO4/c1-16-13-21(17(2)24(16)3)22(25)15-28-23(26)19-9-11-20(12-10-19)27-14-18-7-5-4-6-8-18/h4-13H,14-15H2,1-3H3. The maximum absolute atomic E-state index is 12.3. The molecule has 3 aromatic rings. The van der Waals surface area contributed by atoms with Crippen LogP contribution in [0.1, 0.15) is 37.7 Å². The molecule has 1 heterocycles. The van der Waals surface area contributed by atoms with Crippen molar-refractivity contribution in [3.63, 3.8) is 0 Å². The number of ether oxygens (including phenoxy) is 2. The summed E-state index contributed by atoms with van der Waals surface area (Å²) < 4.78 is 12.8. The van der Waals surface area contributed by atoms with Crippen LogP contribution in [0.4, 0.5) is 0 Å². The smallest absolute Gasteiger partial charge is 0.338 e. The number of rotatable bonds is 7. The Morgan fingerprint density at radius 3 is 2.25 bits per heavy atom. The van der Waals surface area contributed by atoms with E-state index in [1.165, 1.54) is 0 Å². The predicted molar refractivity (Wildman–Crippen MR) is 107 cm³/mol. The first-order valence-corrected chi connectivity index (χ1v) is 9.05. The molecule has 5 nitrogen and oxygen atoms in total. The Morgan fingerprint density at radius 2 is 1.64 bits per heavy atom. The third-order valence-electron chi connectivity index (χ3n) is 4.75. The minimum atomic E-state index is -0.534. The Kier molecular flexibility index (Phi) is 5.94. The minimum Gasteiger partial charge on any atom is -0.489 e. The van der Waals surface area contributed by atoms with Gasteiger partial charge in [-0.05, 0) is 49.7 Å². The topological polar surface area (TPSA) is 57.5 Å². The number of ketones is 1. The van der Waals surface area contributed by atoms with Crippen LogP contribution in [0.3, 0.4) is 0 Å². The third kappa shape index (κ3) is 4.49. The summed E-state index contributed by atoms with van der Waals surface area (Å²) in [6.45, 7) is 3.97. The predicted octanol–water partition coefficient (Wildman–Crippen LogP) is 4.26. The summed E-state index contributed by atoms with van der Waals surface area (Å²) >= 11 is 0. The van der Waals surface area contributed by atoms with Crippen molar-refractivity contribution in [2.45, 2.75) is 20.5 Å². The lowest BCUT2D eigenvalue weighted by Crippen LogP contribution is -2.15. The monoisotopic (exact) mass is 377 g/mol. The van der Waals surface area contributed by atoms with Crippen molar-refractivity contribution in [3.05, 3.63) is 88.7 Å². The van der Waals surface area contributed by atoms with Gasteiger partial charge in [-0.1, -0.05) is 30.3 Å². The van der Waals surface area contributed by atoms with Crippen LogP contribution in [0.5, 0.6) is 5.75 Å². The first-order valence-electron chi connectivity index (χ1n) is 9.05. The van der Waals surface area contributed by atoms with Crippen LogP contribution in [0, 0.1) is 13.8 Å². The molecule has 3 rings (SSSR count). The van der Waals surface area contributed by atoms with E-state index in [0.717, 1.165) is 17.0 Å². The van der Waals surface area contributed by atoms with Gasteiger partial charge in [0.1, 0.15) is 12.4 Å². The van der Waals surface area contributed by atoms with E-state index in [9.17, 15) is 9.59 Å². The molecule has 0 spiro atoms. The van der Waals surface area contributed by atoms with Crippen LogP contribution in [0.25, 0.3) is 0 Å². The van der Waals surface area contributed by atoms with E-state index in [0.29, 0.717) is 23.5 Å². The highest BCUT2D eigenvalue weighted by Gasteiger charge is 2.16. The van der Waals surface area contributed by atoms with Gasteiger partial charge >= 0.3 is 5.97 Å². The Hall–Kier alpha value is -3.34. The van der Waals surface area contributed by atoms with E-state index in [4.69, 9.17) is 9.47 Å². The zero-order chi connectivity index (χ0) is 20.1. The first-order chi connectivity index (χ1) is 13.5. The number of hydrogen-bond donors (Lipinski definition) is 0. The van der Waals surface area contributed by atoms with Crippen molar-refractivity contribution < 1.29 is 19.1 Å². The average molecular weight is 377 g/mol. The fourth-order valence-corrected chi connectivity index (χ4v) is 2.86. The summed E-state index contributed by atoms with van der Waals surface area (Å²) in [6.07, 6.45) is 0. The molecule has 0 bridgehead atoms. The van der Waals surface area contributed by atoms with Crippen LogP contribution in [-0.2, 0) is 18.4 Å². The Balaban J connectivity index is 1.54. The summed E-state index contributed by atoms with van der Waals surface area (Å²) in [4.78, 5) is 24.5.